The summed E-state index contributed by atoms with van der Waals surface area (Å²) in [5.41, 5.74) is 3.03. The van der Waals surface area contributed by atoms with Crippen molar-refractivity contribution >= 4 is 27.2 Å². The van der Waals surface area contributed by atoms with E-state index < -0.39 is 0 Å². The molecule has 2 aromatic heterocycles. The Balaban J connectivity index is 1.77. The van der Waals surface area contributed by atoms with Crippen LogP contribution in [0.15, 0.2) is 40.5 Å². The molecule has 0 saturated heterocycles. The van der Waals surface area contributed by atoms with Gasteiger partial charge >= 0.3 is 0 Å². The smallest absolute Gasteiger partial charge is 0.268 e. The van der Waals surface area contributed by atoms with Crippen LogP contribution in [0.1, 0.15) is 18.3 Å². The number of rotatable bonds is 4. The van der Waals surface area contributed by atoms with Gasteiger partial charge in [-0.25, -0.2) is 4.98 Å². The zero-order chi connectivity index (χ0) is 13.9. The van der Waals surface area contributed by atoms with Crippen LogP contribution in [0.25, 0.3) is 10.2 Å². The van der Waals surface area contributed by atoms with Gasteiger partial charge in [-0.15, -0.1) is 11.3 Å². The zero-order valence-corrected chi connectivity index (χ0v) is 12.0. The van der Waals surface area contributed by atoms with Gasteiger partial charge in [0.2, 0.25) is 0 Å². The third kappa shape index (κ3) is 2.58. The monoisotopic (exact) mass is 285 g/mol. The molecular formula is C15H15N3OS. The number of thiophene rings is 1. The van der Waals surface area contributed by atoms with Crippen LogP contribution in [0.5, 0.6) is 0 Å². The van der Waals surface area contributed by atoms with Crippen molar-refractivity contribution in [1.29, 1.82) is 0 Å². The summed E-state index contributed by atoms with van der Waals surface area (Å²) in [6.07, 6.45) is 1.03. The Morgan fingerprint density at radius 3 is 2.80 bits per heavy atom. The van der Waals surface area contributed by atoms with Gasteiger partial charge in [-0.05, 0) is 35.6 Å². The molecule has 0 radical (unpaired) electrons. The molecule has 5 heteroatoms. The van der Waals surface area contributed by atoms with E-state index in [4.69, 9.17) is 0 Å². The molecule has 102 valence electrons. The van der Waals surface area contributed by atoms with Crippen molar-refractivity contribution in [2.45, 2.75) is 19.9 Å². The van der Waals surface area contributed by atoms with Crippen molar-refractivity contribution in [1.82, 2.24) is 9.97 Å². The highest BCUT2D eigenvalue weighted by Gasteiger charge is 2.04. The van der Waals surface area contributed by atoms with Crippen molar-refractivity contribution < 1.29 is 0 Å². The molecule has 0 spiro atoms. The minimum atomic E-state index is -0.0665. The number of nitrogens with zero attached hydrogens (tertiary/aromatic N) is 1. The Morgan fingerprint density at radius 1 is 1.25 bits per heavy atom. The first-order valence-corrected chi connectivity index (χ1v) is 7.43. The number of aryl methyl sites for hydroxylation is 1. The van der Waals surface area contributed by atoms with Crippen LogP contribution in [0.2, 0.25) is 0 Å². The third-order valence-corrected chi connectivity index (χ3v) is 4.09. The van der Waals surface area contributed by atoms with Crippen LogP contribution >= 0.6 is 11.3 Å². The summed E-state index contributed by atoms with van der Waals surface area (Å²) >= 11 is 1.41. The average Bonchev–Trinajstić information content (AvgIpc) is 2.94. The number of aromatic nitrogens is 2. The summed E-state index contributed by atoms with van der Waals surface area (Å²) in [6.45, 7) is 2.64. The molecule has 0 atom stereocenters. The van der Waals surface area contributed by atoms with Crippen molar-refractivity contribution in [3.05, 3.63) is 57.5 Å². The molecule has 0 aliphatic rings. The van der Waals surface area contributed by atoms with E-state index in [1.165, 1.54) is 16.9 Å². The Morgan fingerprint density at radius 2 is 2.05 bits per heavy atom. The lowest BCUT2D eigenvalue weighted by atomic mass is 10.1. The van der Waals surface area contributed by atoms with E-state index in [0.29, 0.717) is 17.1 Å². The predicted molar refractivity (Wildman–Crippen MR) is 83.4 cm³/mol. The molecule has 0 saturated carbocycles. The SMILES string of the molecule is CCc1ccc(NCc2nc3ccsc3c(=O)[nH]2)cc1. The van der Waals surface area contributed by atoms with E-state index >= 15 is 0 Å². The highest BCUT2D eigenvalue weighted by molar-refractivity contribution is 7.17. The molecule has 3 aromatic rings. The molecule has 0 aliphatic carbocycles. The zero-order valence-electron chi connectivity index (χ0n) is 11.1. The lowest BCUT2D eigenvalue weighted by molar-refractivity contribution is 0.955. The number of nitrogens with one attached hydrogen (secondary N) is 2. The van der Waals surface area contributed by atoms with Crippen LogP contribution in [-0.2, 0) is 13.0 Å². The van der Waals surface area contributed by atoms with Crippen molar-refractivity contribution in [2.75, 3.05) is 5.32 Å². The van der Waals surface area contributed by atoms with E-state index in [1.807, 2.05) is 23.6 Å². The van der Waals surface area contributed by atoms with Gasteiger partial charge in [-0.2, -0.15) is 0 Å². The van der Waals surface area contributed by atoms with Crippen molar-refractivity contribution in [3.63, 3.8) is 0 Å². The second kappa shape index (κ2) is 5.46. The summed E-state index contributed by atoms with van der Waals surface area (Å²) in [7, 11) is 0. The maximum atomic E-state index is 11.8. The van der Waals surface area contributed by atoms with Gasteiger partial charge in [0, 0.05) is 5.69 Å². The molecule has 4 nitrogen and oxygen atoms in total. The minimum absolute atomic E-state index is 0.0665. The molecule has 0 bridgehead atoms. The highest BCUT2D eigenvalue weighted by Crippen LogP contribution is 2.14. The molecule has 2 N–H and O–H groups in total. The fourth-order valence-corrected chi connectivity index (χ4v) is 2.77. The van der Waals surface area contributed by atoms with Gasteiger partial charge in [-0.1, -0.05) is 19.1 Å². The fourth-order valence-electron chi connectivity index (χ4n) is 2.05. The number of anilines is 1. The van der Waals surface area contributed by atoms with Crippen LogP contribution < -0.4 is 10.9 Å². The molecule has 0 fully saturated rings. The number of hydrogen-bond acceptors (Lipinski definition) is 4. The Kier molecular flexibility index (Phi) is 3.52. The van der Waals surface area contributed by atoms with Crippen LogP contribution in [0.3, 0.4) is 0 Å². The van der Waals surface area contributed by atoms with Gasteiger partial charge in [0.15, 0.2) is 0 Å². The maximum Gasteiger partial charge on any atom is 0.268 e. The molecule has 0 unspecified atom stereocenters. The first kappa shape index (κ1) is 12.9. The third-order valence-electron chi connectivity index (χ3n) is 3.19. The number of H-pyrrole nitrogens is 1. The van der Waals surface area contributed by atoms with E-state index in [2.05, 4.69) is 34.3 Å². The first-order valence-electron chi connectivity index (χ1n) is 6.55. The molecular weight excluding hydrogens is 270 g/mol. The lowest BCUT2D eigenvalue weighted by Crippen LogP contribution is -2.13. The number of hydrogen-bond donors (Lipinski definition) is 2. The van der Waals surface area contributed by atoms with Crippen LogP contribution in [0, 0.1) is 0 Å². The van der Waals surface area contributed by atoms with E-state index in [0.717, 1.165) is 17.6 Å². The maximum absolute atomic E-state index is 11.8. The van der Waals surface area contributed by atoms with E-state index in [-0.39, 0.29) is 5.56 Å². The Bertz CT molecular complexity index is 774. The fraction of sp³-hybridized carbons (Fsp3) is 0.200. The van der Waals surface area contributed by atoms with E-state index in [9.17, 15) is 4.79 Å². The van der Waals surface area contributed by atoms with Gasteiger partial charge in [0.05, 0.1) is 12.1 Å². The topological polar surface area (TPSA) is 57.8 Å². The van der Waals surface area contributed by atoms with Gasteiger partial charge in [-0.3, -0.25) is 4.79 Å². The second-order valence-electron chi connectivity index (χ2n) is 4.55. The van der Waals surface area contributed by atoms with Gasteiger partial charge in [0.25, 0.3) is 5.56 Å². The molecule has 0 aliphatic heterocycles. The molecule has 2 heterocycles. The minimum Gasteiger partial charge on any atom is -0.378 e. The summed E-state index contributed by atoms with van der Waals surface area (Å²) in [5.74, 6) is 0.653. The summed E-state index contributed by atoms with van der Waals surface area (Å²) < 4.78 is 0.682. The molecule has 20 heavy (non-hydrogen) atoms. The first-order chi connectivity index (χ1) is 9.76. The number of aromatic amines is 1. The molecule has 3 rings (SSSR count). The molecule has 0 amide bonds. The highest BCUT2D eigenvalue weighted by atomic mass is 32.1. The summed E-state index contributed by atoms with van der Waals surface area (Å²) in [6, 6.07) is 10.1. The Labute approximate surface area is 120 Å². The van der Waals surface area contributed by atoms with Crippen LogP contribution in [0.4, 0.5) is 5.69 Å². The van der Waals surface area contributed by atoms with Crippen molar-refractivity contribution in [2.24, 2.45) is 0 Å². The summed E-state index contributed by atoms with van der Waals surface area (Å²) in [5, 5.41) is 5.15. The quantitative estimate of drug-likeness (QED) is 0.774. The molecule has 1 aromatic carbocycles. The average molecular weight is 285 g/mol. The van der Waals surface area contributed by atoms with Gasteiger partial charge in [0.1, 0.15) is 10.5 Å². The second-order valence-corrected chi connectivity index (χ2v) is 5.47. The number of fused-ring (bicyclic) bond motifs is 1. The largest absolute Gasteiger partial charge is 0.378 e. The van der Waals surface area contributed by atoms with Gasteiger partial charge < -0.3 is 10.3 Å². The lowest BCUT2D eigenvalue weighted by Gasteiger charge is -2.06. The standard InChI is InChI=1S/C15H15N3OS/c1-2-10-3-5-11(6-4-10)16-9-13-17-12-7-8-20-14(12)15(19)18-13/h3-8,16H,2,9H2,1H3,(H,17,18,19). The Hall–Kier alpha value is -2.14. The normalized spacial score (nSPS) is 10.8. The summed E-state index contributed by atoms with van der Waals surface area (Å²) in [4.78, 5) is 19.1. The predicted octanol–water partition coefficient (Wildman–Crippen LogP) is 3.16. The van der Waals surface area contributed by atoms with Crippen LogP contribution in [-0.4, -0.2) is 9.97 Å². The van der Waals surface area contributed by atoms with E-state index in [1.54, 1.807) is 0 Å². The van der Waals surface area contributed by atoms with Crippen molar-refractivity contribution in [3.8, 4) is 0 Å². The number of benzene rings is 1.